The van der Waals surface area contributed by atoms with Crippen molar-refractivity contribution < 1.29 is 13.9 Å². The second kappa shape index (κ2) is 9.73. The van der Waals surface area contributed by atoms with Crippen LogP contribution in [0.1, 0.15) is 29.0 Å². The monoisotopic (exact) mass is 430 g/mol. The molecule has 1 amide bonds. The molecule has 0 bridgehead atoms. The molecule has 1 aliphatic heterocycles. The molecule has 1 atom stereocenters. The normalized spacial score (nSPS) is 16.1. The average Bonchev–Trinajstić information content (AvgIpc) is 3.18. The van der Waals surface area contributed by atoms with E-state index in [4.69, 9.17) is 4.74 Å². The Morgan fingerprint density at radius 3 is 2.77 bits per heavy atom. The van der Waals surface area contributed by atoms with Crippen LogP contribution in [0.15, 0.2) is 60.8 Å². The van der Waals surface area contributed by atoms with Gasteiger partial charge in [-0.2, -0.15) is 5.10 Å². The molecule has 1 unspecified atom stereocenters. The van der Waals surface area contributed by atoms with Crippen LogP contribution in [0.2, 0.25) is 0 Å². The summed E-state index contributed by atoms with van der Waals surface area (Å²) in [5.74, 6) is -0.0967. The third-order valence-corrected chi connectivity index (χ3v) is 4.94. The molecule has 30 heavy (non-hydrogen) atoms. The molecule has 1 saturated heterocycles. The van der Waals surface area contributed by atoms with Gasteiger partial charge >= 0.3 is 0 Å². The number of hydrogen-bond acceptors (Lipinski definition) is 4. The fourth-order valence-corrected chi connectivity index (χ4v) is 3.58. The average molecular weight is 431 g/mol. The molecule has 1 fully saturated rings. The number of benzene rings is 2. The molecule has 8 heteroatoms. The topological polar surface area (TPSA) is 59.4 Å². The second-order valence-electron chi connectivity index (χ2n) is 6.83. The van der Waals surface area contributed by atoms with E-state index in [-0.39, 0.29) is 35.9 Å². The summed E-state index contributed by atoms with van der Waals surface area (Å²) >= 11 is 0. The number of para-hydroxylation sites is 1. The lowest BCUT2D eigenvalue weighted by Gasteiger charge is -2.36. The molecule has 0 aliphatic carbocycles. The van der Waals surface area contributed by atoms with Crippen molar-refractivity contribution in [1.82, 2.24) is 20.0 Å². The quantitative estimate of drug-likeness (QED) is 0.671. The SMILES string of the molecule is CCOc1cn(-c2ccccc2)nc1C(=O)N1CCNCC1c1cccc(F)c1.Cl. The molecule has 1 aromatic heterocycles. The minimum Gasteiger partial charge on any atom is -0.490 e. The van der Waals surface area contributed by atoms with Crippen LogP contribution in [-0.2, 0) is 0 Å². The zero-order valence-electron chi connectivity index (χ0n) is 16.6. The predicted molar refractivity (Wildman–Crippen MR) is 115 cm³/mol. The van der Waals surface area contributed by atoms with E-state index in [1.54, 1.807) is 21.8 Å². The number of amides is 1. The Morgan fingerprint density at radius 2 is 2.03 bits per heavy atom. The molecule has 158 valence electrons. The molecule has 3 aromatic rings. The van der Waals surface area contributed by atoms with Crippen LogP contribution < -0.4 is 10.1 Å². The summed E-state index contributed by atoms with van der Waals surface area (Å²) in [6.45, 7) is 4.02. The van der Waals surface area contributed by atoms with Gasteiger partial charge in [0.15, 0.2) is 11.4 Å². The van der Waals surface area contributed by atoms with Gasteiger partial charge in [-0.3, -0.25) is 4.79 Å². The third kappa shape index (κ3) is 4.47. The van der Waals surface area contributed by atoms with Crippen LogP contribution >= 0.6 is 12.4 Å². The molecule has 0 saturated carbocycles. The number of nitrogens with one attached hydrogen (secondary N) is 1. The maximum Gasteiger partial charge on any atom is 0.278 e. The standard InChI is InChI=1S/C22H23FN4O2.ClH/c1-2-29-20-15-27(18-9-4-3-5-10-18)25-21(20)22(28)26-12-11-24-14-19(26)16-7-6-8-17(23)13-16;/h3-10,13,15,19,24H,2,11-12,14H2,1H3;1H. The molecule has 6 nitrogen and oxygen atoms in total. The van der Waals surface area contributed by atoms with Crippen molar-refractivity contribution in [2.45, 2.75) is 13.0 Å². The number of piperazine rings is 1. The Labute approximate surface area is 181 Å². The molecule has 4 rings (SSSR count). The van der Waals surface area contributed by atoms with Gasteiger partial charge in [-0.25, -0.2) is 9.07 Å². The maximum atomic E-state index is 13.8. The Balaban J connectivity index is 0.00000256. The molecule has 2 heterocycles. The lowest BCUT2D eigenvalue weighted by Crippen LogP contribution is -2.48. The fraction of sp³-hybridized carbons (Fsp3) is 0.273. The number of rotatable bonds is 5. The van der Waals surface area contributed by atoms with Crippen molar-refractivity contribution in [2.24, 2.45) is 0 Å². The third-order valence-electron chi connectivity index (χ3n) is 4.94. The summed E-state index contributed by atoms with van der Waals surface area (Å²) < 4.78 is 21.1. The van der Waals surface area contributed by atoms with Gasteiger partial charge < -0.3 is 15.0 Å². The minimum atomic E-state index is -0.316. The highest BCUT2D eigenvalue weighted by Gasteiger charge is 2.32. The first-order valence-electron chi connectivity index (χ1n) is 9.72. The van der Waals surface area contributed by atoms with Crippen molar-refractivity contribution in [1.29, 1.82) is 0 Å². The van der Waals surface area contributed by atoms with Crippen molar-refractivity contribution >= 4 is 18.3 Å². The van der Waals surface area contributed by atoms with Crippen molar-refractivity contribution in [3.05, 3.63) is 77.9 Å². The molecule has 0 spiro atoms. The molecule has 1 N–H and O–H groups in total. The number of halogens is 2. The lowest BCUT2D eigenvalue weighted by molar-refractivity contribution is 0.0623. The minimum absolute atomic E-state index is 0. The molecular weight excluding hydrogens is 407 g/mol. The van der Waals surface area contributed by atoms with Gasteiger partial charge in [-0.15, -0.1) is 12.4 Å². The first-order chi connectivity index (χ1) is 14.2. The van der Waals surface area contributed by atoms with Gasteiger partial charge in [0, 0.05) is 19.6 Å². The van der Waals surface area contributed by atoms with E-state index in [9.17, 15) is 9.18 Å². The second-order valence-corrected chi connectivity index (χ2v) is 6.83. The van der Waals surface area contributed by atoms with E-state index in [2.05, 4.69) is 10.4 Å². The van der Waals surface area contributed by atoms with E-state index >= 15 is 0 Å². The van der Waals surface area contributed by atoms with Crippen LogP contribution in [0.4, 0.5) is 4.39 Å². The number of nitrogens with zero attached hydrogens (tertiary/aromatic N) is 3. The lowest BCUT2D eigenvalue weighted by atomic mass is 10.0. The first kappa shape index (κ1) is 21.8. The van der Waals surface area contributed by atoms with Gasteiger partial charge in [0.2, 0.25) is 0 Å². The van der Waals surface area contributed by atoms with E-state index < -0.39 is 0 Å². The summed E-state index contributed by atoms with van der Waals surface area (Å²) in [6, 6.07) is 15.7. The van der Waals surface area contributed by atoms with E-state index in [0.29, 0.717) is 32.0 Å². The van der Waals surface area contributed by atoms with Crippen LogP contribution in [0.25, 0.3) is 5.69 Å². The summed E-state index contributed by atoms with van der Waals surface area (Å²) in [5, 5.41) is 7.81. The van der Waals surface area contributed by atoms with Gasteiger partial charge in [0.1, 0.15) is 5.82 Å². The first-order valence-corrected chi connectivity index (χ1v) is 9.72. The van der Waals surface area contributed by atoms with Gasteiger partial charge in [0.25, 0.3) is 5.91 Å². The zero-order valence-corrected chi connectivity index (χ0v) is 17.4. The Morgan fingerprint density at radius 1 is 1.23 bits per heavy atom. The Kier molecular flexibility index (Phi) is 7.07. The molecular formula is C22H24ClFN4O2. The van der Waals surface area contributed by atoms with Crippen molar-refractivity contribution in [3.8, 4) is 11.4 Å². The molecule has 1 aliphatic rings. The molecule has 0 radical (unpaired) electrons. The van der Waals surface area contributed by atoms with Crippen LogP contribution in [0, 0.1) is 5.82 Å². The van der Waals surface area contributed by atoms with Gasteiger partial charge in [0.05, 0.1) is 24.5 Å². The highest BCUT2D eigenvalue weighted by Crippen LogP contribution is 2.28. The van der Waals surface area contributed by atoms with E-state index in [1.807, 2.05) is 43.3 Å². The number of hydrogen-bond donors (Lipinski definition) is 1. The fourth-order valence-electron chi connectivity index (χ4n) is 3.58. The van der Waals surface area contributed by atoms with Crippen LogP contribution in [-0.4, -0.2) is 46.8 Å². The smallest absolute Gasteiger partial charge is 0.278 e. The van der Waals surface area contributed by atoms with Gasteiger partial charge in [-0.1, -0.05) is 30.3 Å². The summed E-state index contributed by atoms with van der Waals surface area (Å²) in [6.07, 6.45) is 1.73. The van der Waals surface area contributed by atoms with E-state index in [0.717, 1.165) is 11.3 Å². The van der Waals surface area contributed by atoms with Crippen molar-refractivity contribution in [3.63, 3.8) is 0 Å². The highest BCUT2D eigenvalue weighted by molar-refractivity contribution is 5.95. The molecule has 2 aromatic carbocycles. The highest BCUT2D eigenvalue weighted by atomic mass is 35.5. The van der Waals surface area contributed by atoms with Gasteiger partial charge in [-0.05, 0) is 36.8 Å². The number of carbonyl (C=O) groups excluding carboxylic acids is 1. The van der Waals surface area contributed by atoms with Crippen LogP contribution in [0.5, 0.6) is 5.75 Å². The summed E-state index contributed by atoms with van der Waals surface area (Å²) in [4.78, 5) is 15.2. The number of ether oxygens (including phenoxy) is 1. The maximum absolute atomic E-state index is 13.8. The van der Waals surface area contributed by atoms with Crippen molar-refractivity contribution in [2.75, 3.05) is 26.2 Å². The summed E-state index contributed by atoms with van der Waals surface area (Å²) in [5.41, 5.74) is 1.86. The summed E-state index contributed by atoms with van der Waals surface area (Å²) in [7, 11) is 0. The Bertz CT molecular complexity index is 996. The zero-order chi connectivity index (χ0) is 20.2. The predicted octanol–water partition coefficient (Wildman–Crippen LogP) is 3.62. The largest absolute Gasteiger partial charge is 0.490 e. The van der Waals surface area contributed by atoms with Crippen LogP contribution in [0.3, 0.4) is 0 Å². The number of carbonyl (C=O) groups is 1. The van der Waals surface area contributed by atoms with E-state index in [1.165, 1.54) is 12.1 Å². The Hall–Kier alpha value is -2.90. The number of aromatic nitrogens is 2.